The summed E-state index contributed by atoms with van der Waals surface area (Å²) in [6.45, 7) is 1.66. The van der Waals surface area contributed by atoms with Gasteiger partial charge in [-0.2, -0.15) is 0 Å². The van der Waals surface area contributed by atoms with Crippen molar-refractivity contribution in [1.82, 2.24) is 5.32 Å². The van der Waals surface area contributed by atoms with E-state index in [0.29, 0.717) is 17.8 Å². The summed E-state index contributed by atoms with van der Waals surface area (Å²) in [5.74, 6) is -1.30. The topological polar surface area (TPSA) is 109 Å². The van der Waals surface area contributed by atoms with E-state index in [4.69, 9.17) is 9.15 Å². The first kappa shape index (κ1) is 16.5. The maximum Gasteiger partial charge on any atom is 0.336 e. The van der Waals surface area contributed by atoms with Crippen molar-refractivity contribution in [2.45, 2.75) is 19.8 Å². The molecule has 2 rings (SSSR count). The summed E-state index contributed by atoms with van der Waals surface area (Å²) in [4.78, 5) is 33.2. The van der Waals surface area contributed by atoms with Crippen molar-refractivity contribution in [2.24, 2.45) is 0 Å². The van der Waals surface area contributed by atoms with Crippen LogP contribution in [0, 0.1) is 0 Å². The van der Waals surface area contributed by atoms with Crippen molar-refractivity contribution in [2.75, 3.05) is 13.2 Å². The van der Waals surface area contributed by atoms with Crippen molar-refractivity contribution < 1.29 is 23.8 Å². The summed E-state index contributed by atoms with van der Waals surface area (Å²) >= 11 is 0. The largest absolute Gasteiger partial charge is 0.550 e. The van der Waals surface area contributed by atoms with Crippen molar-refractivity contribution in [1.29, 1.82) is 0 Å². The van der Waals surface area contributed by atoms with E-state index in [0.717, 1.165) is 10.9 Å². The van der Waals surface area contributed by atoms with Crippen LogP contribution in [0.5, 0.6) is 5.75 Å². The Morgan fingerprint density at radius 3 is 2.78 bits per heavy atom. The van der Waals surface area contributed by atoms with Crippen LogP contribution in [-0.2, 0) is 16.0 Å². The lowest BCUT2D eigenvalue weighted by Crippen LogP contribution is -2.33. The Kier molecular flexibility index (Phi) is 5.35. The molecule has 0 atom stereocenters. The van der Waals surface area contributed by atoms with E-state index in [1.807, 2.05) is 6.92 Å². The molecule has 0 saturated carbocycles. The molecular weight excluding hydrogens is 302 g/mol. The van der Waals surface area contributed by atoms with Gasteiger partial charge in [0.1, 0.15) is 11.3 Å². The van der Waals surface area contributed by atoms with Crippen LogP contribution in [-0.4, -0.2) is 25.0 Å². The maximum atomic E-state index is 11.5. The fourth-order valence-corrected chi connectivity index (χ4v) is 2.10. The third-order valence-corrected chi connectivity index (χ3v) is 3.20. The zero-order chi connectivity index (χ0) is 16.8. The molecule has 1 aromatic heterocycles. The molecule has 122 valence electrons. The zero-order valence-corrected chi connectivity index (χ0v) is 12.6. The lowest BCUT2D eigenvalue weighted by Gasteiger charge is -2.09. The first-order valence-corrected chi connectivity index (χ1v) is 7.15. The summed E-state index contributed by atoms with van der Waals surface area (Å²) in [6.07, 6.45) is 0.440. The number of nitrogens with one attached hydrogen (secondary N) is 1. The molecule has 0 fully saturated rings. The fraction of sp³-hybridized carbons (Fsp3) is 0.312. The van der Waals surface area contributed by atoms with Crippen LogP contribution < -0.4 is 20.8 Å². The highest BCUT2D eigenvalue weighted by Crippen LogP contribution is 2.22. The van der Waals surface area contributed by atoms with Gasteiger partial charge < -0.3 is 24.4 Å². The molecule has 0 radical (unpaired) electrons. The number of benzene rings is 1. The predicted octanol–water partition coefficient (Wildman–Crippen LogP) is -0.00960. The SMILES string of the molecule is CCc1cc(=O)oc2cc(OCC(=O)NCCC(=O)[O-])ccc12. The second-order valence-corrected chi connectivity index (χ2v) is 4.86. The van der Waals surface area contributed by atoms with Crippen LogP contribution in [0.15, 0.2) is 33.5 Å². The Bertz CT molecular complexity index is 780. The van der Waals surface area contributed by atoms with E-state index in [-0.39, 0.29) is 19.6 Å². The number of fused-ring (bicyclic) bond motifs is 1. The highest BCUT2D eigenvalue weighted by Gasteiger charge is 2.07. The smallest absolute Gasteiger partial charge is 0.336 e. The number of carbonyl (C=O) groups excluding carboxylic acids is 2. The molecule has 7 nitrogen and oxygen atoms in total. The highest BCUT2D eigenvalue weighted by molar-refractivity contribution is 5.82. The number of carboxylic acids is 1. The number of hydrogen-bond acceptors (Lipinski definition) is 6. The molecule has 0 aliphatic heterocycles. The van der Waals surface area contributed by atoms with Gasteiger partial charge in [-0.05, 0) is 24.1 Å². The molecule has 1 N–H and O–H groups in total. The molecule has 0 spiro atoms. The van der Waals surface area contributed by atoms with Gasteiger partial charge in [-0.25, -0.2) is 4.79 Å². The Morgan fingerprint density at radius 2 is 2.09 bits per heavy atom. The number of rotatable bonds is 7. The van der Waals surface area contributed by atoms with Crippen molar-refractivity contribution in [3.8, 4) is 5.75 Å². The van der Waals surface area contributed by atoms with Crippen LogP contribution >= 0.6 is 0 Å². The van der Waals surface area contributed by atoms with Crippen molar-refractivity contribution >= 4 is 22.8 Å². The van der Waals surface area contributed by atoms with Gasteiger partial charge in [0.15, 0.2) is 6.61 Å². The second-order valence-electron chi connectivity index (χ2n) is 4.86. The highest BCUT2D eigenvalue weighted by atomic mass is 16.5. The number of aliphatic carboxylic acids is 1. The van der Waals surface area contributed by atoms with Crippen LogP contribution in [0.25, 0.3) is 11.0 Å². The molecule has 2 aromatic rings. The normalized spacial score (nSPS) is 10.5. The Labute approximate surface area is 131 Å². The van der Waals surface area contributed by atoms with Gasteiger partial charge in [0.2, 0.25) is 0 Å². The molecule has 1 aromatic carbocycles. The number of ether oxygens (including phenoxy) is 1. The molecule has 7 heteroatoms. The van der Waals surface area contributed by atoms with Crippen molar-refractivity contribution in [3.05, 3.63) is 40.2 Å². The molecule has 23 heavy (non-hydrogen) atoms. The number of aryl methyl sites for hydroxylation is 1. The summed E-state index contributed by atoms with van der Waals surface area (Å²) < 4.78 is 10.4. The zero-order valence-electron chi connectivity index (χ0n) is 12.6. The van der Waals surface area contributed by atoms with Gasteiger partial charge in [-0.15, -0.1) is 0 Å². The Morgan fingerprint density at radius 1 is 1.30 bits per heavy atom. The van der Waals surface area contributed by atoms with Gasteiger partial charge in [0.25, 0.3) is 5.91 Å². The maximum absolute atomic E-state index is 11.5. The molecule has 0 unspecified atom stereocenters. The number of carbonyl (C=O) groups is 2. The molecule has 1 amide bonds. The van der Waals surface area contributed by atoms with Gasteiger partial charge >= 0.3 is 5.63 Å². The van der Waals surface area contributed by atoms with E-state index in [1.165, 1.54) is 6.07 Å². The summed E-state index contributed by atoms with van der Waals surface area (Å²) in [5, 5.41) is 13.4. The molecular formula is C16H16NO6-. The van der Waals surface area contributed by atoms with Gasteiger partial charge in [-0.3, -0.25) is 4.79 Å². The fourth-order valence-electron chi connectivity index (χ4n) is 2.10. The van der Waals surface area contributed by atoms with Crippen LogP contribution in [0.4, 0.5) is 0 Å². The Hall–Kier alpha value is -2.83. The molecule has 0 aliphatic carbocycles. The number of carboxylic acid groups (broad SMARTS) is 1. The average molecular weight is 318 g/mol. The van der Waals surface area contributed by atoms with E-state index in [1.54, 1.807) is 18.2 Å². The lowest BCUT2D eigenvalue weighted by atomic mass is 10.1. The summed E-state index contributed by atoms with van der Waals surface area (Å²) in [5.41, 5.74) is 0.832. The van der Waals surface area contributed by atoms with Gasteiger partial charge in [0.05, 0.1) is 0 Å². The first-order valence-electron chi connectivity index (χ1n) is 7.15. The number of amides is 1. The summed E-state index contributed by atoms with van der Waals surface area (Å²) in [7, 11) is 0. The van der Waals surface area contributed by atoms with Crippen LogP contribution in [0.2, 0.25) is 0 Å². The van der Waals surface area contributed by atoms with Crippen molar-refractivity contribution in [3.63, 3.8) is 0 Å². The molecule has 1 heterocycles. The van der Waals surface area contributed by atoms with Crippen LogP contribution in [0.1, 0.15) is 18.9 Å². The average Bonchev–Trinajstić information content (AvgIpc) is 2.51. The Balaban J connectivity index is 2.02. The van der Waals surface area contributed by atoms with Crippen LogP contribution in [0.3, 0.4) is 0 Å². The predicted molar refractivity (Wildman–Crippen MR) is 80.0 cm³/mol. The standard InChI is InChI=1S/C16H17NO6/c1-2-10-7-16(21)23-13-8-11(3-4-12(10)13)22-9-14(18)17-6-5-15(19)20/h3-4,7-8H,2,5-6,9H2,1H3,(H,17,18)(H,19,20)/p-1. The minimum Gasteiger partial charge on any atom is -0.550 e. The minimum absolute atomic E-state index is 0.0169. The van der Waals surface area contributed by atoms with E-state index in [2.05, 4.69) is 5.32 Å². The lowest BCUT2D eigenvalue weighted by molar-refractivity contribution is -0.305. The molecule has 0 saturated heterocycles. The third-order valence-electron chi connectivity index (χ3n) is 3.20. The minimum atomic E-state index is -1.23. The third kappa shape index (κ3) is 4.57. The summed E-state index contributed by atoms with van der Waals surface area (Å²) in [6, 6.07) is 6.44. The van der Waals surface area contributed by atoms with Gasteiger partial charge in [0, 0.05) is 36.5 Å². The van der Waals surface area contributed by atoms with E-state index < -0.39 is 17.5 Å². The quantitative estimate of drug-likeness (QED) is 0.719. The monoisotopic (exact) mass is 318 g/mol. The number of hydrogen-bond donors (Lipinski definition) is 1. The van der Waals surface area contributed by atoms with E-state index >= 15 is 0 Å². The molecule has 0 bridgehead atoms. The first-order chi connectivity index (χ1) is 11.0. The van der Waals surface area contributed by atoms with E-state index in [9.17, 15) is 19.5 Å². The van der Waals surface area contributed by atoms with Gasteiger partial charge in [-0.1, -0.05) is 6.92 Å². The molecule has 0 aliphatic rings. The second kappa shape index (κ2) is 7.44.